The Morgan fingerprint density at radius 3 is 2.53 bits per heavy atom. The van der Waals surface area contributed by atoms with Gasteiger partial charge in [0.2, 0.25) is 0 Å². The molecular weight excluding hydrogens is 234 g/mol. The Labute approximate surface area is 117 Å². The number of methoxy groups -OCH3 is 1. The second kappa shape index (κ2) is 5.96. The van der Waals surface area contributed by atoms with E-state index >= 15 is 0 Å². The van der Waals surface area contributed by atoms with E-state index in [2.05, 4.69) is 38.2 Å². The SMILES string of the molecule is COc1ccc(CNC2CCC(C)(C)CC2C)cc1. The first-order valence-corrected chi connectivity index (χ1v) is 7.36. The summed E-state index contributed by atoms with van der Waals surface area (Å²) >= 11 is 0. The summed E-state index contributed by atoms with van der Waals surface area (Å²) in [6, 6.07) is 9.01. The van der Waals surface area contributed by atoms with Crippen molar-refractivity contribution in [1.29, 1.82) is 0 Å². The average Bonchev–Trinajstić information content (AvgIpc) is 2.37. The van der Waals surface area contributed by atoms with Gasteiger partial charge in [-0.2, -0.15) is 0 Å². The third kappa shape index (κ3) is 3.97. The lowest BCUT2D eigenvalue weighted by atomic mass is 9.70. The zero-order chi connectivity index (χ0) is 13.9. The number of hydrogen-bond acceptors (Lipinski definition) is 2. The van der Waals surface area contributed by atoms with Gasteiger partial charge in [-0.1, -0.05) is 32.9 Å². The number of rotatable bonds is 4. The number of benzene rings is 1. The fraction of sp³-hybridized carbons (Fsp3) is 0.647. The summed E-state index contributed by atoms with van der Waals surface area (Å²) in [7, 11) is 1.71. The van der Waals surface area contributed by atoms with Gasteiger partial charge in [0, 0.05) is 12.6 Å². The lowest BCUT2D eigenvalue weighted by molar-refractivity contribution is 0.148. The first-order valence-electron chi connectivity index (χ1n) is 7.36. The van der Waals surface area contributed by atoms with Gasteiger partial charge in [-0.05, 0) is 48.3 Å². The van der Waals surface area contributed by atoms with Gasteiger partial charge in [0.15, 0.2) is 0 Å². The van der Waals surface area contributed by atoms with Crippen molar-refractivity contribution in [3.8, 4) is 5.75 Å². The highest BCUT2D eigenvalue weighted by Gasteiger charge is 2.31. The molecule has 2 rings (SSSR count). The van der Waals surface area contributed by atoms with Crippen molar-refractivity contribution >= 4 is 0 Å². The second-order valence-corrected chi connectivity index (χ2v) is 6.72. The van der Waals surface area contributed by atoms with Gasteiger partial charge in [-0.25, -0.2) is 0 Å². The summed E-state index contributed by atoms with van der Waals surface area (Å²) in [6.45, 7) is 8.12. The summed E-state index contributed by atoms with van der Waals surface area (Å²) in [5, 5.41) is 3.72. The molecule has 0 bridgehead atoms. The maximum absolute atomic E-state index is 5.18. The molecule has 2 unspecified atom stereocenters. The number of hydrogen-bond donors (Lipinski definition) is 1. The Hall–Kier alpha value is -1.02. The Morgan fingerprint density at radius 2 is 1.95 bits per heavy atom. The van der Waals surface area contributed by atoms with Crippen LogP contribution in [0.25, 0.3) is 0 Å². The highest BCUT2D eigenvalue weighted by atomic mass is 16.5. The number of ether oxygens (including phenoxy) is 1. The third-order valence-electron chi connectivity index (χ3n) is 4.42. The highest BCUT2D eigenvalue weighted by molar-refractivity contribution is 5.27. The molecule has 1 saturated carbocycles. The van der Waals surface area contributed by atoms with Crippen molar-refractivity contribution in [2.45, 2.75) is 52.6 Å². The maximum Gasteiger partial charge on any atom is 0.118 e. The van der Waals surface area contributed by atoms with Crippen LogP contribution in [0.1, 0.15) is 45.6 Å². The number of nitrogens with one attached hydrogen (secondary N) is 1. The molecule has 2 heteroatoms. The quantitative estimate of drug-likeness (QED) is 0.884. The topological polar surface area (TPSA) is 21.3 Å². The van der Waals surface area contributed by atoms with E-state index in [1.54, 1.807) is 7.11 Å². The van der Waals surface area contributed by atoms with Gasteiger partial charge < -0.3 is 10.1 Å². The van der Waals surface area contributed by atoms with Gasteiger partial charge in [0.25, 0.3) is 0 Å². The van der Waals surface area contributed by atoms with Crippen molar-refractivity contribution in [3.05, 3.63) is 29.8 Å². The van der Waals surface area contributed by atoms with Crippen LogP contribution in [-0.4, -0.2) is 13.2 Å². The molecule has 1 N–H and O–H groups in total. The van der Waals surface area contributed by atoms with E-state index in [1.165, 1.54) is 24.8 Å². The van der Waals surface area contributed by atoms with Crippen LogP contribution >= 0.6 is 0 Å². The van der Waals surface area contributed by atoms with Crippen LogP contribution in [-0.2, 0) is 6.54 Å². The lowest BCUT2D eigenvalue weighted by Crippen LogP contribution is -2.41. The summed E-state index contributed by atoms with van der Waals surface area (Å²) < 4.78 is 5.18. The van der Waals surface area contributed by atoms with Crippen LogP contribution in [0.4, 0.5) is 0 Å². The van der Waals surface area contributed by atoms with Crippen molar-refractivity contribution in [2.24, 2.45) is 11.3 Å². The van der Waals surface area contributed by atoms with Gasteiger partial charge in [-0.15, -0.1) is 0 Å². The molecule has 1 aliphatic rings. The molecule has 106 valence electrons. The van der Waals surface area contributed by atoms with Gasteiger partial charge in [-0.3, -0.25) is 0 Å². The molecule has 1 aromatic carbocycles. The Balaban J connectivity index is 1.85. The van der Waals surface area contributed by atoms with Crippen molar-refractivity contribution in [3.63, 3.8) is 0 Å². The minimum absolute atomic E-state index is 0.526. The summed E-state index contributed by atoms with van der Waals surface area (Å²) in [4.78, 5) is 0. The molecule has 2 atom stereocenters. The molecule has 19 heavy (non-hydrogen) atoms. The van der Waals surface area contributed by atoms with E-state index in [1.807, 2.05) is 12.1 Å². The summed E-state index contributed by atoms with van der Waals surface area (Å²) in [5.74, 6) is 1.69. The monoisotopic (exact) mass is 261 g/mol. The fourth-order valence-corrected chi connectivity index (χ4v) is 3.24. The van der Waals surface area contributed by atoms with E-state index in [4.69, 9.17) is 4.74 Å². The Kier molecular flexibility index (Phi) is 4.51. The van der Waals surface area contributed by atoms with E-state index < -0.39 is 0 Å². The van der Waals surface area contributed by atoms with Gasteiger partial charge >= 0.3 is 0 Å². The third-order valence-corrected chi connectivity index (χ3v) is 4.42. The minimum atomic E-state index is 0.526. The average molecular weight is 261 g/mol. The standard InChI is InChI=1S/C17H27NO/c1-13-11-17(2,3)10-9-16(13)18-12-14-5-7-15(19-4)8-6-14/h5-8,13,16,18H,9-12H2,1-4H3. The molecular formula is C17H27NO. The zero-order valence-corrected chi connectivity index (χ0v) is 12.7. The molecule has 0 aromatic heterocycles. The van der Waals surface area contributed by atoms with E-state index in [0.717, 1.165) is 18.2 Å². The molecule has 0 amide bonds. The highest BCUT2D eigenvalue weighted by Crippen LogP contribution is 2.38. The first-order chi connectivity index (χ1) is 9.00. The molecule has 0 radical (unpaired) electrons. The van der Waals surface area contributed by atoms with Crippen LogP contribution in [0.3, 0.4) is 0 Å². The van der Waals surface area contributed by atoms with E-state index in [0.29, 0.717) is 11.5 Å². The minimum Gasteiger partial charge on any atom is -0.497 e. The predicted molar refractivity (Wildman–Crippen MR) is 80.4 cm³/mol. The van der Waals surface area contributed by atoms with Crippen molar-refractivity contribution < 1.29 is 4.74 Å². The smallest absolute Gasteiger partial charge is 0.118 e. The van der Waals surface area contributed by atoms with Gasteiger partial charge in [0.05, 0.1) is 7.11 Å². The predicted octanol–water partition coefficient (Wildman–Crippen LogP) is 4.00. The fourth-order valence-electron chi connectivity index (χ4n) is 3.24. The van der Waals surface area contributed by atoms with Crippen LogP contribution in [0, 0.1) is 11.3 Å². The zero-order valence-electron chi connectivity index (χ0n) is 12.7. The molecule has 1 aromatic rings. The Bertz CT molecular complexity index is 396. The van der Waals surface area contributed by atoms with Crippen molar-refractivity contribution in [1.82, 2.24) is 5.32 Å². The van der Waals surface area contributed by atoms with Crippen LogP contribution in [0.2, 0.25) is 0 Å². The van der Waals surface area contributed by atoms with E-state index in [-0.39, 0.29) is 0 Å². The van der Waals surface area contributed by atoms with Gasteiger partial charge in [0.1, 0.15) is 5.75 Å². The van der Waals surface area contributed by atoms with Crippen LogP contribution < -0.4 is 10.1 Å². The second-order valence-electron chi connectivity index (χ2n) is 6.72. The molecule has 0 heterocycles. The molecule has 0 aliphatic heterocycles. The van der Waals surface area contributed by atoms with Crippen molar-refractivity contribution in [2.75, 3.05) is 7.11 Å². The molecule has 0 saturated heterocycles. The molecule has 2 nitrogen and oxygen atoms in total. The molecule has 0 spiro atoms. The first kappa shape index (κ1) is 14.4. The summed E-state index contributed by atoms with van der Waals surface area (Å²) in [5.41, 5.74) is 1.86. The Morgan fingerprint density at radius 1 is 1.26 bits per heavy atom. The molecule has 1 fully saturated rings. The molecule has 1 aliphatic carbocycles. The van der Waals surface area contributed by atoms with Crippen LogP contribution in [0.15, 0.2) is 24.3 Å². The largest absolute Gasteiger partial charge is 0.497 e. The van der Waals surface area contributed by atoms with Crippen LogP contribution in [0.5, 0.6) is 5.75 Å². The maximum atomic E-state index is 5.18. The van der Waals surface area contributed by atoms with E-state index in [9.17, 15) is 0 Å². The normalized spacial score (nSPS) is 26.1. The summed E-state index contributed by atoms with van der Waals surface area (Å²) in [6.07, 6.45) is 3.95. The lowest BCUT2D eigenvalue weighted by Gasteiger charge is -2.39.